The molecule has 0 atom stereocenters. The lowest BCUT2D eigenvalue weighted by Crippen LogP contribution is -2.36. The van der Waals surface area contributed by atoms with Crippen molar-refractivity contribution in [1.29, 1.82) is 0 Å². The Bertz CT molecular complexity index is 340. The number of hydrogen-bond donors (Lipinski definition) is 3. The van der Waals surface area contributed by atoms with Crippen LogP contribution in [0.5, 0.6) is 0 Å². The molecule has 6 nitrogen and oxygen atoms in total. The Balaban J connectivity index is 2.45. The molecule has 3 N–H and O–H groups in total. The smallest absolute Gasteiger partial charge is 0.313 e. The number of aliphatic hydroxyl groups is 1. The van der Waals surface area contributed by atoms with Gasteiger partial charge in [-0.25, -0.2) is 0 Å². The van der Waals surface area contributed by atoms with Gasteiger partial charge in [0, 0.05) is 24.6 Å². The Kier molecular flexibility index (Phi) is 4.24. The maximum absolute atomic E-state index is 11.2. The number of carbonyl (C=O) groups excluding carboxylic acids is 2. The summed E-state index contributed by atoms with van der Waals surface area (Å²) in [7, 11) is 0. The summed E-state index contributed by atoms with van der Waals surface area (Å²) in [6.07, 6.45) is 3.00. The van der Waals surface area contributed by atoms with Crippen LogP contribution < -0.4 is 10.6 Å². The van der Waals surface area contributed by atoms with E-state index in [-0.39, 0.29) is 13.2 Å². The third kappa shape index (κ3) is 3.74. The summed E-state index contributed by atoms with van der Waals surface area (Å²) >= 11 is 0. The molecular weight excluding hydrogens is 198 g/mol. The van der Waals surface area contributed by atoms with E-state index in [0.717, 1.165) is 0 Å². The van der Waals surface area contributed by atoms with Gasteiger partial charge in [0.2, 0.25) is 0 Å². The van der Waals surface area contributed by atoms with Gasteiger partial charge in [0.05, 0.1) is 6.61 Å². The highest BCUT2D eigenvalue weighted by Crippen LogP contribution is 2.02. The van der Waals surface area contributed by atoms with Crippen molar-refractivity contribution >= 4 is 17.5 Å². The van der Waals surface area contributed by atoms with Gasteiger partial charge in [0.15, 0.2) is 0 Å². The second kappa shape index (κ2) is 5.71. The van der Waals surface area contributed by atoms with Gasteiger partial charge in [-0.05, 0) is 12.1 Å². The van der Waals surface area contributed by atoms with Gasteiger partial charge in [-0.3, -0.25) is 14.6 Å². The quantitative estimate of drug-likeness (QED) is 0.564. The van der Waals surface area contributed by atoms with Crippen molar-refractivity contribution in [2.75, 3.05) is 18.5 Å². The van der Waals surface area contributed by atoms with Crippen LogP contribution in [0, 0.1) is 0 Å². The highest BCUT2D eigenvalue weighted by atomic mass is 16.3. The molecule has 6 heteroatoms. The molecule has 0 radical (unpaired) electrons. The van der Waals surface area contributed by atoms with E-state index < -0.39 is 11.8 Å². The zero-order valence-electron chi connectivity index (χ0n) is 7.93. The maximum Gasteiger partial charge on any atom is 0.313 e. The standard InChI is InChI=1S/C9H11N3O3/c13-6-5-11-8(14)9(15)12-7-1-3-10-4-2-7/h1-4,13H,5-6H2,(H,11,14)(H,10,12,15). The fourth-order valence-electron chi connectivity index (χ4n) is 0.873. The van der Waals surface area contributed by atoms with Crippen molar-refractivity contribution in [1.82, 2.24) is 10.3 Å². The third-order valence-electron chi connectivity index (χ3n) is 1.54. The van der Waals surface area contributed by atoms with E-state index >= 15 is 0 Å². The third-order valence-corrected chi connectivity index (χ3v) is 1.54. The largest absolute Gasteiger partial charge is 0.395 e. The van der Waals surface area contributed by atoms with Crippen molar-refractivity contribution in [3.05, 3.63) is 24.5 Å². The van der Waals surface area contributed by atoms with Crippen LogP contribution in [-0.4, -0.2) is 35.1 Å². The maximum atomic E-state index is 11.2. The van der Waals surface area contributed by atoms with E-state index in [1.54, 1.807) is 12.1 Å². The van der Waals surface area contributed by atoms with Gasteiger partial charge in [0.1, 0.15) is 0 Å². The number of rotatable bonds is 3. The lowest BCUT2D eigenvalue weighted by molar-refractivity contribution is -0.136. The molecule has 0 bridgehead atoms. The molecule has 1 rings (SSSR count). The van der Waals surface area contributed by atoms with E-state index in [1.807, 2.05) is 0 Å². The van der Waals surface area contributed by atoms with Crippen molar-refractivity contribution in [3.8, 4) is 0 Å². The topological polar surface area (TPSA) is 91.3 Å². The number of nitrogens with one attached hydrogen (secondary N) is 2. The number of aromatic nitrogens is 1. The van der Waals surface area contributed by atoms with Crippen molar-refractivity contribution in [2.24, 2.45) is 0 Å². The first-order valence-corrected chi connectivity index (χ1v) is 4.34. The second-order valence-electron chi connectivity index (χ2n) is 2.67. The van der Waals surface area contributed by atoms with Gasteiger partial charge in [-0.2, -0.15) is 0 Å². The van der Waals surface area contributed by atoms with Crippen molar-refractivity contribution in [3.63, 3.8) is 0 Å². The summed E-state index contributed by atoms with van der Waals surface area (Å²) in [6.45, 7) is -0.142. The van der Waals surface area contributed by atoms with Crippen LogP contribution in [0.1, 0.15) is 0 Å². The highest BCUT2D eigenvalue weighted by Gasteiger charge is 2.12. The lowest BCUT2D eigenvalue weighted by Gasteiger charge is -2.04. The minimum absolute atomic E-state index is 0.0581. The summed E-state index contributed by atoms with van der Waals surface area (Å²) in [5.74, 6) is -1.55. The van der Waals surface area contributed by atoms with Crippen LogP contribution in [0.3, 0.4) is 0 Å². The summed E-state index contributed by atoms with van der Waals surface area (Å²) in [5, 5.41) is 13.0. The zero-order valence-corrected chi connectivity index (χ0v) is 7.93. The summed E-state index contributed by atoms with van der Waals surface area (Å²) in [5.41, 5.74) is 0.495. The average Bonchev–Trinajstić information content (AvgIpc) is 2.27. The first-order valence-electron chi connectivity index (χ1n) is 4.34. The van der Waals surface area contributed by atoms with Gasteiger partial charge >= 0.3 is 11.8 Å². The van der Waals surface area contributed by atoms with Gasteiger partial charge in [0.25, 0.3) is 0 Å². The number of aliphatic hydroxyl groups excluding tert-OH is 1. The molecule has 0 fully saturated rings. The summed E-state index contributed by atoms with van der Waals surface area (Å²) < 4.78 is 0. The van der Waals surface area contributed by atoms with Crippen LogP contribution in [0.2, 0.25) is 0 Å². The molecular formula is C9H11N3O3. The molecule has 0 aliphatic heterocycles. The fourth-order valence-corrected chi connectivity index (χ4v) is 0.873. The average molecular weight is 209 g/mol. The van der Waals surface area contributed by atoms with Crippen molar-refractivity contribution < 1.29 is 14.7 Å². The van der Waals surface area contributed by atoms with Crippen LogP contribution in [-0.2, 0) is 9.59 Å². The Morgan fingerprint density at radius 1 is 1.27 bits per heavy atom. The molecule has 0 saturated heterocycles. The number of amides is 2. The zero-order chi connectivity index (χ0) is 11.1. The van der Waals surface area contributed by atoms with Gasteiger partial charge in [-0.1, -0.05) is 0 Å². The SMILES string of the molecule is O=C(NCCO)C(=O)Nc1ccncc1. The highest BCUT2D eigenvalue weighted by molar-refractivity contribution is 6.39. The normalized spacial score (nSPS) is 9.40. The predicted octanol–water partition coefficient (Wildman–Crippen LogP) is -0.871. The molecule has 80 valence electrons. The van der Waals surface area contributed by atoms with E-state index in [2.05, 4.69) is 15.6 Å². The first kappa shape index (κ1) is 11.1. The molecule has 1 aromatic rings. The van der Waals surface area contributed by atoms with E-state index in [4.69, 9.17) is 5.11 Å². The Labute approximate surface area is 86.3 Å². The molecule has 1 heterocycles. The van der Waals surface area contributed by atoms with E-state index in [9.17, 15) is 9.59 Å². The van der Waals surface area contributed by atoms with Crippen LogP contribution in [0.25, 0.3) is 0 Å². The predicted molar refractivity (Wildman–Crippen MR) is 53.0 cm³/mol. The van der Waals surface area contributed by atoms with Gasteiger partial charge < -0.3 is 15.7 Å². The molecule has 0 aliphatic rings. The van der Waals surface area contributed by atoms with Crippen LogP contribution in [0.15, 0.2) is 24.5 Å². The summed E-state index contributed by atoms with van der Waals surface area (Å²) in [6, 6.07) is 3.13. The van der Waals surface area contributed by atoms with Crippen molar-refractivity contribution in [2.45, 2.75) is 0 Å². The number of pyridine rings is 1. The minimum atomic E-state index is -0.777. The first-order chi connectivity index (χ1) is 7.24. The Morgan fingerprint density at radius 3 is 2.53 bits per heavy atom. The molecule has 1 aromatic heterocycles. The molecule has 0 aliphatic carbocycles. The molecule has 2 amide bonds. The number of carbonyl (C=O) groups is 2. The lowest BCUT2D eigenvalue weighted by atomic mass is 10.4. The molecule has 15 heavy (non-hydrogen) atoms. The van der Waals surface area contributed by atoms with E-state index in [0.29, 0.717) is 5.69 Å². The van der Waals surface area contributed by atoms with Crippen LogP contribution in [0.4, 0.5) is 5.69 Å². The number of hydrogen-bond acceptors (Lipinski definition) is 4. The number of anilines is 1. The van der Waals surface area contributed by atoms with Gasteiger partial charge in [-0.15, -0.1) is 0 Å². The molecule has 0 aromatic carbocycles. The summed E-state index contributed by atoms with van der Waals surface area (Å²) in [4.78, 5) is 26.0. The minimum Gasteiger partial charge on any atom is -0.395 e. The molecule has 0 unspecified atom stereocenters. The van der Waals surface area contributed by atoms with E-state index in [1.165, 1.54) is 12.4 Å². The Hall–Kier alpha value is -1.95. The molecule has 0 spiro atoms. The monoisotopic (exact) mass is 209 g/mol. The Morgan fingerprint density at radius 2 is 1.93 bits per heavy atom. The second-order valence-corrected chi connectivity index (χ2v) is 2.67. The van der Waals surface area contributed by atoms with Crippen LogP contribution >= 0.6 is 0 Å². The fraction of sp³-hybridized carbons (Fsp3) is 0.222. The molecule has 0 saturated carbocycles. The number of nitrogens with zero attached hydrogens (tertiary/aromatic N) is 1.